The van der Waals surface area contributed by atoms with Crippen LogP contribution in [0.25, 0.3) is 0 Å². The largest absolute Gasteiger partial charge is 0.313 e. The van der Waals surface area contributed by atoms with E-state index in [1.54, 1.807) is 0 Å². The molecule has 2 nitrogen and oxygen atoms in total. The zero-order valence-corrected chi connectivity index (χ0v) is 7.34. The summed E-state index contributed by atoms with van der Waals surface area (Å²) in [6, 6.07) is 0.773. The van der Waals surface area contributed by atoms with E-state index >= 15 is 0 Å². The molecule has 2 fully saturated rings. The molecule has 64 valence electrons. The van der Waals surface area contributed by atoms with Gasteiger partial charge in [0.05, 0.1) is 0 Å². The molecule has 2 rings (SSSR count). The fourth-order valence-corrected chi connectivity index (χ4v) is 1.51. The molecule has 0 amide bonds. The summed E-state index contributed by atoms with van der Waals surface area (Å²) in [4.78, 5) is 2.46. The predicted molar refractivity (Wildman–Crippen MR) is 46.6 cm³/mol. The van der Waals surface area contributed by atoms with Crippen LogP contribution >= 0.6 is 0 Å². The van der Waals surface area contributed by atoms with Crippen molar-refractivity contribution in [3.8, 4) is 0 Å². The molecule has 0 aromatic heterocycles. The lowest BCUT2D eigenvalue weighted by Crippen LogP contribution is -2.32. The fraction of sp³-hybridized carbons (Fsp3) is 1.00. The van der Waals surface area contributed by atoms with Gasteiger partial charge in [-0.05, 0) is 25.7 Å². The molecule has 1 saturated heterocycles. The predicted octanol–water partition coefficient (Wildman–Crippen LogP) is 0.690. The van der Waals surface area contributed by atoms with Crippen molar-refractivity contribution in [2.24, 2.45) is 5.92 Å². The Morgan fingerprint density at radius 1 is 1.45 bits per heavy atom. The molecule has 0 aromatic rings. The Morgan fingerprint density at radius 2 is 2.18 bits per heavy atom. The van der Waals surface area contributed by atoms with Gasteiger partial charge in [-0.15, -0.1) is 0 Å². The molecule has 1 N–H and O–H groups in total. The Kier molecular flexibility index (Phi) is 2.14. The van der Waals surface area contributed by atoms with Crippen molar-refractivity contribution in [1.29, 1.82) is 0 Å². The van der Waals surface area contributed by atoms with Gasteiger partial charge in [-0.2, -0.15) is 0 Å². The number of hydrogen-bond acceptors (Lipinski definition) is 2. The molecule has 1 atom stereocenters. The normalized spacial score (nSPS) is 27.0. The first-order chi connectivity index (χ1) is 5.36. The summed E-state index contributed by atoms with van der Waals surface area (Å²) in [6.07, 6.45) is 2.91. The van der Waals surface area contributed by atoms with Crippen LogP contribution in [-0.2, 0) is 0 Å². The van der Waals surface area contributed by atoms with Gasteiger partial charge in [0.1, 0.15) is 0 Å². The lowest BCUT2D eigenvalue weighted by atomic mass is 10.2. The zero-order valence-electron chi connectivity index (χ0n) is 7.34. The molecule has 11 heavy (non-hydrogen) atoms. The van der Waals surface area contributed by atoms with Gasteiger partial charge in [0.2, 0.25) is 0 Å². The van der Waals surface area contributed by atoms with Gasteiger partial charge < -0.3 is 5.32 Å². The van der Waals surface area contributed by atoms with E-state index in [0.717, 1.165) is 12.0 Å². The SMILES string of the molecule is C[C@H](NCCN1CC1)C1CC1. The van der Waals surface area contributed by atoms with Crippen molar-refractivity contribution in [2.45, 2.75) is 25.8 Å². The summed E-state index contributed by atoms with van der Waals surface area (Å²) in [6.45, 7) is 7.44. The van der Waals surface area contributed by atoms with Gasteiger partial charge in [0, 0.05) is 32.2 Å². The van der Waals surface area contributed by atoms with Crippen molar-refractivity contribution < 1.29 is 0 Å². The molecule has 1 heterocycles. The summed E-state index contributed by atoms with van der Waals surface area (Å²) >= 11 is 0. The van der Waals surface area contributed by atoms with Gasteiger partial charge in [-0.25, -0.2) is 0 Å². The lowest BCUT2D eigenvalue weighted by molar-refractivity contribution is 0.453. The molecule has 2 aliphatic rings. The van der Waals surface area contributed by atoms with Gasteiger partial charge in [0.15, 0.2) is 0 Å². The highest BCUT2D eigenvalue weighted by Gasteiger charge is 2.27. The number of nitrogens with zero attached hydrogens (tertiary/aromatic N) is 1. The molecule has 1 aliphatic carbocycles. The topological polar surface area (TPSA) is 15.0 Å². The van der Waals surface area contributed by atoms with Gasteiger partial charge >= 0.3 is 0 Å². The summed E-state index contributed by atoms with van der Waals surface area (Å²) in [5.41, 5.74) is 0. The summed E-state index contributed by atoms with van der Waals surface area (Å²) < 4.78 is 0. The van der Waals surface area contributed by atoms with Gasteiger partial charge in [-0.1, -0.05) is 0 Å². The quantitative estimate of drug-likeness (QED) is 0.586. The van der Waals surface area contributed by atoms with Crippen molar-refractivity contribution in [1.82, 2.24) is 10.2 Å². The Hall–Kier alpha value is -0.0800. The van der Waals surface area contributed by atoms with Gasteiger partial charge in [0.25, 0.3) is 0 Å². The molecule has 1 saturated carbocycles. The van der Waals surface area contributed by atoms with Gasteiger partial charge in [-0.3, -0.25) is 4.90 Å². The van der Waals surface area contributed by atoms with Crippen LogP contribution in [0, 0.1) is 5.92 Å². The maximum atomic E-state index is 3.57. The highest BCUT2D eigenvalue weighted by atomic mass is 15.3. The average Bonchev–Trinajstić information content (AvgIpc) is 2.85. The van der Waals surface area contributed by atoms with E-state index in [2.05, 4.69) is 17.1 Å². The molecule has 0 unspecified atom stereocenters. The number of rotatable bonds is 5. The molecular formula is C9H18N2. The van der Waals surface area contributed by atoms with Crippen LogP contribution < -0.4 is 5.32 Å². The Morgan fingerprint density at radius 3 is 2.73 bits per heavy atom. The van der Waals surface area contributed by atoms with Crippen LogP contribution in [-0.4, -0.2) is 37.1 Å². The van der Waals surface area contributed by atoms with Crippen LogP contribution in [0.3, 0.4) is 0 Å². The minimum Gasteiger partial charge on any atom is -0.313 e. The highest BCUT2D eigenvalue weighted by molar-refractivity contribution is 4.83. The second kappa shape index (κ2) is 3.11. The van der Waals surface area contributed by atoms with Crippen LogP contribution in [0.2, 0.25) is 0 Å². The average molecular weight is 154 g/mol. The maximum Gasteiger partial charge on any atom is 0.0110 e. The van der Waals surface area contributed by atoms with Crippen LogP contribution in [0.15, 0.2) is 0 Å². The van der Waals surface area contributed by atoms with E-state index in [1.807, 2.05) is 0 Å². The molecule has 0 spiro atoms. The van der Waals surface area contributed by atoms with E-state index < -0.39 is 0 Å². The van der Waals surface area contributed by atoms with E-state index in [-0.39, 0.29) is 0 Å². The first kappa shape index (κ1) is 7.56. The molecule has 1 aliphatic heterocycles. The fourth-order valence-electron chi connectivity index (χ4n) is 1.51. The van der Waals surface area contributed by atoms with E-state index in [0.29, 0.717) is 0 Å². The summed E-state index contributed by atoms with van der Waals surface area (Å²) in [7, 11) is 0. The van der Waals surface area contributed by atoms with Crippen molar-refractivity contribution in [3.63, 3.8) is 0 Å². The third-order valence-electron chi connectivity index (χ3n) is 2.76. The third-order valence-corrected chi connectivity index (χ3v) is 2.76. The first-order valence-electron chi connectivity index (χ1n) is 4.82. The van der Waals surface area contributed by atoms with Crippen LogP contribution in [0.5, 0.6) is 0 Å². The molecule has 0 radical (unpaired) electrons. The Bertz CT molecular complexity index is 128. The number of hydrogen-bond donors (Lipinski definition) is 1. The highest BCUT2D eigenvalue weighted by Crippen LogP contribution is 2.32. The minimum atomic E-state index is 0.773. The zero-order chi connectivity index (χ0) is 7.68. The summed E-state index contributed by atoms with van der Waals surface area (Å²) in [5.74, 6) is 1.00. The maximum absolute atomic E-state index is 3.57. The van der Waals surface area contributed by atoms with E-state index in [9.17, 15) is 0 Å². The van der Waals surface area contributed by atoms with Crippen molar-refractivity contribution in [3.05, 3.63) is 0 Å². The molecule has 2 heteroatoms. The molecule has 0 aromatic carbocycles. The lowest BCUT2D eigenvalue weighted by Gasteiger charge is -2.12. The van der Waals surface area contributed by atoms with Crippen molar-refractivity contribution >= 4 is 0 Å². The monoisotopic (exact) mass is 154 g/mol. The Labute approximate surface area is 69.0 Å². The molecule has 0 bridgehead atoms. The van der Waals surface area contributed by atoms with Crippen LogP contribution in [0.1, 0.15) is 19.8 Å². The third kappa shape index (κ3) is 2.46. The van der Waals surface area contributed by atoms with Crippen molar-refractivity contribution in [2.75, 3.05) is 26.2 Å². The molecular weight excluding hydrogens is 136 g/mol. The van der Waals surface area contributed by atoms with E-state index in [1.165, 1.54) is 39.0 Å². The number of nitrogens with one attached hydrogen (secondary N) is 1. The second-order valence-corrected chi connectivity index (χ2v) is 3.92. The summed E-state index contributed by atoms with van der Waals surface area (Å²) in [5, 5.41) is 3.57. The second-order valence-electron chi connectivity index (χ2n) is 3.92. The smallest absolute Gasteiger partial charge is 0.0110 e. The first-order valence-corrected chi connectivity index (χ1v) is 4.82. The van der Waals surface area contributed by atoms with Crippen LogP contribution in [0.4, 0.5) is 0 Å². The van der Waals surface area contributed by atoms with E-state index in [4.69, 9.17) is 0 Å². The minimum absolute atomic E-state index is 0.773. The Balaban J connectivity index is 1.50. The standard InChI is InChI=1S/C9H18N2/c1-8(9-2-3-9)10-4-5-11-6-7-11/h8-10H,2-7H2,1H3/t8-/m0/s1.